The standard InChI is InChI=1S/C19H17N3O3/c1-3-15-16(9-8-14-6-4-5-12(2)20-14)21-17-10-7-13(19(24)25)11-22(17)18(15)23/h4-11H,3H2,1-2H3,(H,24,25). The normalized spacial score (nSPS) is 11.3. The third-order valence-electron chi connectivity index (χ3n) is 3.87. The Labute approximate surface area is 144 Å². The largest absolute Gasteiger partial charge is 0.478 e. The van der Waals surface area contributed by atoms with Crippen LogP contribution in [0.2, 0.25) is 0 Å². The van der Waals surface area contributed by atoms with Crippen molar-refractivity contribution >= 4 is 23.8 Å². The molecule has 0 saturated heterocycles. The van der Waals surface area contributed by atoms with Gasteiger partial charge in [0.05, 0.1) is 17.0 Å². The van der Waals surface area contributed by atoms with Gasteiger partial charge in [-0.2, -0.15) is 0 Å². The Morgan fingerprint density at radius 1 is 1.20 bits per heavy atom. The van der Waals surface area contributed by atoms with Crippen molar-refractivity contribution < 1.29 is 9.90 Å². The van der Waals surface area contributed by atoms with Crippen molar-refractivity contribution in [2.24, 2.45) is 0 Å². The monoisotopic (exact) mass is 335 g/mol. The van der Waals surface area contributed by atoms with E-state index in [4.69, 9.17) is 5.11 Å². The lowest BCUT2D eigenvalue weighted by Gasteiger charge is -2.07. The van der Waals surface area contributed by atoms with E-state index in [1.165, 1.54) is 22.7 Å². The second-order valence-electron chi connectivity index (χ2n) is 5.62. The zero-order valence-electron chi connectivity index (χ0n) is 13.9. The molecule has 0 bridgehead atoms. The summed E-state index contributed by atoms with van der Waals surface area (Å²) in [4.78, 5) is 32.7. The fourth-order valence-electron chi connectivity index (χ4n) is 2.61. The third-order valence-corrected chi connectivity index (χ3v) is 3.87. The maximum absolute atomic E-state index is 12.7. The summed E-state index contributed by atoms with van der Waals surface area (Å²) in [5, 5.41) is 9.10. The van der Waals surface area contributed by atoms with Gasteiger partial charge >= 0.3 is 5.97 Å². The van der Waals surface area contributed by atoms with Crippen LogP contribution in [-0.4, -0.2) is 25.4 Å². The molecule has 6 heteroatoms. The number of aromatic nitrogens is 3. The van der Waals surface area contributed by atoms with Gasteiger partial charge in [-0.15, -0.1) is 0 Å². The molecule has 1 N–H and O–H groups in total. The number of carboxylic acids is 1. The van der Waals surface area contributed by atoms with Gasteiger partial charge in [0, 0.05) is 17.5 Å². The molecular weight excluding hydrogens is 318 g/mol. The minimum atomic E-state index is -1.08. The molecule has 0 radical (unpaired) electrons. The van der Waals surface area contributed by atoms with Crippen LogP contribution in [0.3, 0.4) is 0 Å². The van der Waals surface area contributed by atoms with Gasteiger partial charge in [-0.1, -0.05) is 13.0 Å². The maximum Gasteiger partial charge on any atom is 0.337 e. The lowest BCUT2D eigenvalue weighted by Crippen LogP contribution is -2.22. The zero-order chi connectivity index (χ0) is 18.0. The van der Waals surface area contributed by atoms with Gasteiger partial charge in [0.25, 0.3) is 5.56 Å². The van der Waals surface area contributed by atoms with E-state index >= 15 is 0 Å². The number of hydrogen-bond donors (Lipinski definition) is 1. The van der Waals surface area contributed by atoms with Crippen LogP contribution in [-0.2, 0) is 6.42 Å². The first-order valence-electron chi connectivity index (χ1n) is 7.90. The molecule has 0 atom stereocenters. The minimum Gasteiger partial charge on any atom is -0.478 e. The summed E-state index contributed by atoms with van der Waals surface area (Å²) >= 11 is 0. The summed E-state index contributed by atoms with van der Waals surface area (Å²) in [7, 11) is 0. The van der Waals surface area contributed by atoms with Crippen LogP contribution in [0.1, 0.15) is 39.9 Å². The summed E-state index contributed by atoms with van der Waals surface area (Å²) < 4.78 is 1.28. The van der Waals surface area contributed by atoms with E-state index in [2.05, 4.69) is 9.97 Å². The Hall–Kier alpha value is -3.28. The fourth-order valence-corrected chi connectivity index (χ4v) is 2.61. The molecule has 6 nitrogen and oxygen atoms in total. The van der Waals surface area contributed by atoms with Crippen LogP contribution in [0.15, 0.2) is 41.3 Å². The summed E-state index contributed by atoms with van der Waals surface area (Å²) in [5.41, 5.74) is 2.99. The molecule has 25 heavy (non-hydrogen) atoms. The molecule has 126 valence electrons. The average molecular weight is 335 g/mol. The van der Waals surface area contributed by atoms with E-state index < -0.39 is 5.97 Å². The molecule has 0 spiro atoms. The Bertz CT molecular complexity index is 1050. The Balaban J connectivity index is 2.14. The highest BCUT2D eigenvalue weighted by Gasteiger charge is 2.11. The topological polar surface area (TPSA) is 84.6 Å². The van der Waals surface area contributed by atoms with Crippen molar-refractivity contribution in [3.8, 4) is 0 Å². The first-order valence-corrected chi connectivity index (χ1v) is 7.90. The zero-order valence-corrected chi connectivity index (χ0v) is 13.9. The van der Waals surface area contributed by atoms with Gasteiger partial charge in [-0.3, -0.25) is 14.2 Å². The average Bonchev–Trinajstić information content (AvgIpc) is 2.60. The molecule has 0 fully saturated rings. The van der Waals surface area contributed by atoms with Crippen LogP contribution < -0.4 is 5.56 Å². The van der Waals surface area contributed by atoms with Crippen LogP contribution in [0.5, 0.6) is 0 Å². The van der Waals surface area contributed by atoms with Crippen LogP contribution >= 0.6 is 0 Å². The van der Waals surface area contributed by atoms with Crippen molar-refractivity contribution in [3.05, 3.63) is 75.1 Å². The lowest BCUT2D eigenvalue weighted by atomic mass is 10.1. The Morgan fingerprint density at radius 3 is 2.68 bits per heavy atom. The second-order valence-corrected chi connectivity index (χ2v) is 5.62. The molecular formula is C19H17N3O3. The molecule has 0 saturated carbocycles. The van der Waals surface area contributed by atoms with E-state index in [0.717, 1.165) is 11.4 Å². The van der Waals surface area contributed by atoms with Crippen molar-refractivity contribution in [3.63, 3.8) is 0 Å². The molecule has 0 aromatic carbocycles. The number of aromatic carboxylic acids is 1. The lowest BCUT2D eigenvalue weighted by molar-refractivity contribution is 0.0696. The van der Waals surface area contributed by atoms with E-state index in [1.807, 2.05) is 38.1 Å². The summed E-state index contributed by atoms with van der Waals surface area (Å²) in [5.74, 6) is -1.08. The molecule has 3 heterocycles. The second kappa shape index (κ2) is 6.68. The quantitative estimate of drug-likeness (QED) is 0.792. The smallest absolute Gasteiger partial charge is 0.337 e. The molecule has 3 aromatic heterocycles. The molecule has 0 amide bonds. The van der Waals surface area contributed by atoms with Gasteiger partial charge in [0.2, 0.25) is 0 Å². The van der Waals surface area contributed by atoms with Crippen LogP contribution in [0.25, 0.3) is 17.8 Å². The molecule has 0 aliphatic carbocycles. The van der Waals surface area contributed by atoms with E-state index in [1.54, 1.807) is 6.08 Å². The summed E-state index contributed by atoms with van der Waals surface area (Å²) in [6.07, 6.45) is 5.39. The van der Waals surface area contributed by atoms with Crippen molar-refractivity contribution in [2.75, 3.05) is 0 Å². The molecule has 0 aliphatic rings. The van der Waals surface area contributed by atoms with Gasteiger partial charge in [-0.25, -0.2) is 9.78 Å². The highest BCUT2D eigenvalue weighted by molar-refractivity contribution is 5.87. The van der Waals surface area contributed by atoms with Crippen LogP contribution in [0, 0.1) is 6.92 Å². The molecule has 3 rings (SSSR count). The van der Waals surface area contributed by atoms with Crippen molar-refractivity contribution in [1.82, 2.24) is 14.4 Å². The molecule has 0 unspecified atom stereocenters. The highest BCUT2D eigenvalue weighted by Crippen LogP contribution is 2.11. The number of hydrogen-bond acceptors (Lipinski definition) is 4. The summed E-state index contributed by atoms with van der Waals surface area (Å²) in [6.45, 7) is 3.78. The fraction of sp³-hybridized carbons (Fsp3) is 0.158. The number of rotatable bonds is 4. The maximum atomic E-state index is 12.7. The number of fused-ring (bicyclic) bond motifs is 1. The highest BCUT2D eigenvalue weighted by atomic mass is 16.4. The first-order chi connectivity index (χ1) is 12.0. The SMILES string of the molecule is CCc1c(C=Cc2cccc(C)n2)nc2ccc(C(=O)O)cn2c1=O. The Kier molecular flexibility index (Phi) is 4.43. The molecule has 0 aliphatic heterocycles. The van der Waals surface area contributed by atoms with Gasteiger partial charge in [0.15, 0.2) is 0 Å². The predicted molar refractivity (Wildman–Crippen MR) is 95.7 cm³/mol. The van der Waals surface area contributed by atoms with Gasteiger partial charge < -0.3 is 5.11 Å². The van der Waals surface area contributed by atoms with Gasteiger partial charge in [-0.05, 0) is 49.8 Å². The number of nitrogens with zero attached hydrogens (tertiary/aromatic N) is 3. The van der Waals surface area contributed by atoms with Crippen LogP contribution in [0.4, 0.5) is 0 Å². The van der Waals surface area contributed by atoms with E-state index in [0.29, 0.717) is 23.3 Å². The van der Waals surface area contributed by atoms with E-state index in [9.17, 15) is 9.59 Å². The minimum absolute atomic E-state index is 0.0469. The Morgan fingerprint density at radius 2 is 2.00 bits per heavy atom. The number of aryl methyl sites for hydroxylation is 1. The number of carboxylic acid groups (broad SMARTS) is 1. The molecule has 3 aromatic rings. The third kappa shape index (κ3) is 3.33. The van der Waals surface area contributed by atoms with Crippen molar-refractivity contribution in [1.29, 1.82) is 0 Å². The van der Waals surface area contributed by atoms with Crippen molar-refractivity contribution in [2.45, 2.75) is 20.3 Å². The van der Waals surface area contributed by atoms with E-state index in [-0.39, 0.29) is 11.1 Å². The summed E-state index contributed by atoms with van der Waals surface area (Å²) in [6, 6.07) is 8.68. The number of carbonyl (C=O) groups is 1. The number of pyridine rings is 2. The van der Waals surface area contributed by atoms with Gasteiger partial charge in [0.1, 0.15) is 5.65 Å². The first kappa shape index (κ1) is 16.6. The predicted octanol–water partition coefficient (Wildman–Crippen LogP) is 2.83.